The summed E-state index contributed by atoms with van der Waals surface area (Å²) in [6, 6.07) is 2.51. The van der Waals surface area contributed by atoms with Gasteiger partial charge < -0.3 is 0 Å². The monoisotopic (exact) mass is 225 g/mol. The van der Waals surface area contributed by atoms with Crippen LogP contribution in [0, 0.1) is 11.3 Å². The number of carbonyl (C=O) groups is 2. The van der Waals surface area contributed by atoms with Gasteiger partial charge >= 0.3 is 0 Å². The highest BCUT2D eigenvalue weighted by Gasteiger charge is 2.12. The van der Waals surface area contributed by atoms with E-state index in [1.54, 1.807) is 11.8 Å². The van der Waals surface area contributed by atoms with Crippen molar-refractivity contribution in [1.29, 1.82) is 0 Å². The summed E-state index contributed by atoms with van der Waals surface area (Å²) in [5.74, 6) is -1.14. The third-order valence-corrected chi connectivity index (χ3v) is 3.35. The molecule has 0 saturated heterocycles. The van der Waals surface area contributed by atoms with Gasteiger partial charge in [0.15, 0.2) is 0 Å². The van der Waals surface area contributed by atoms with Gasteiger partial charge in [0.25, 0.3) is 5.91 Å². The van der Waals surface area contributed by atoms with Crippen LogP contribution in [0.3, 0.4) is 0 Å². The van der Waals surface area contributed by atoms with E-state index < -0.39 is 11.7 Å². The Kier molecular flexibility index (Phi) is 5.27. The van der Waals surface area contributed by atoms with Crippen LogP contribution in [-0.4, -0.2) is 16.9 Å². The standard InChI is InChI=1S/C11H15NO2S/c1-9(13)11(14)12-7-8-15-10-5-3-2-4-6-10/h10H,2-6H2,1H3,(H,12,14). The van der Waals surface area contributed by atoms with E-state index in [0.29, 0.717) is 5.25 Å². The van der Waals surface area contributed by atoms with Crippen molar-refractivity contribution in [1.82, 2.24) is 5.32 Å². The molecule has 1 rings (SSSR count). The molecule has 1 aliphatic carbocycles. The van der Waals surface area contributed by atoms with E-state index in [-0.39, 0.29) is 0 Å². The smallest absolute Gasteiger partial charge is 0.289 e. The van der Waals surface area contributed by atoms with Gasteiger partial charge in [-0.25, -0.2) is 0 Å². The predicted molar refractivity (Wildman–Crippen MR) is 61.1 cm³/mol. The van der Waals surface area contributed by atoms with E-state index in [2.05, 4.69) is 16.6 Å². The third kappa shape index (κ3) is 4.89. The molecule has 0 bridgehead atoms. The molecular formula is C11H15NO2S. The van der Waals surface area contributed by atoms with Crippen molar-refractivity contribution < 1.29 is 9.59 Å². The summed E-state index contributed by atoms with van der Waals surface area (Å²) >= 11 is 1.56. The molecule has 0 aromatic carbocycles. The molecule has 0 atom stereocenters. The number of nitrogens with one attached hydrogen (secondary N) is 1. The molecule has 3 nitrogen and oxygen atoms in total. The molecule has 0 aliphatic heterocycles. The summed E-state index contributed by atoms with van der Waals surface area (Å²) in [6.45, 7) is 1.23. The summed E-state index contributed by atoms with van der Waals surface area (Å²) in [7, 11) is 0. The fraction of sp³-hybridized carbons (Fsp3) is 0.636. The van der Waals surface area contributed by atoms with Crippen molar-refractivity contribution in [3.8, 4) is 11.3 Å². The first-order chi connectivity index (χ1) is 7.20. The molecular weight excluding hydrogens is 210 g/mol. The molecule has 0 aromatic rings. The van der Waals surface area contributed by atoms with Crippen molar-refractivity contribution >= 4 is 23.5 Å². The van der Waals surface area contributed by atoms with Crippen LogP contribution in [0.15, 0.2) is 0 Å². The van der Waals surface area contributed by atoms with Crippen LogP contribution in [0.4, 0.5) is 0 Å². The first-order valence-electron chi connectivity index (χ1n) is 5.16. The Morgan fingerprint density at radius 2 is 1.93 bits per heavy atom. The second kappa shape index (κ2) is 6.52. The molecule has 0 aromatic heterocycles. The number of Topliss-reactive ketones (excluding diaryl/α,β-unsaturated/α-hetero) is 1. The van der Waals surface area contributed by atoms with Crippen molar-refractivity contribution in [2.24, 2.45) is 0 Å². The zero-order chi connectivity index (χ0) is 11.1. The number of ketones is 1. The minimum Gasteiger partial charge on any atom is -0.289 e. The molecule has 1 amide bonds. The normalized spacial score (nSPS) is 16.3. The van der Waals surface area contributed by atoms with Crippen LogP contribution in [0.1, 0.15) is 39.0 Å². The number of thioether (sulfide) groups is 1. The van der Waals surface area contributed by atoms with E-state index in [9.17, 15) is 9.59 Å². The molecule has 0 spiro atoms. The maximum absolute atomic E-state index is 10.8. The Morgan fingerprint density at radius 1 is 1.27 bits per heavy atom. The zero-order valence-corrected chi connectivity index (χ0v) is 9.65. The van der Waals surface area contributed by atoms with Crippen LogP contribution >= 0.6 is 11.8 Å². The SMILES string of the molecule is CC(=O)C(=O)NC#CSC1CCCCC1. The average molecular weight is 225 g/mol. The Bertz CT molecular complexity index is 297. The maximum atomic E-state index is 10.8. The lowest BCUT2D eigenvalue weighted by atomic mass is 10.0. The van der Waals surface area contributed by atoms with Crippen LogP contribution in [-0.2, 0) is 9.59 Å². The van der Waals surface area contributed by atoms with E-state index in [1.807, 2.05) is 0 Å². The van der Waals surface area contributed by atoms with Gasteiger partial charge in [0, 0.05) is 18.2 Å². The lowest BCUT2D eigenvalue weighted by molar-refractivity contribution is -0.135. The first-order valence-corrected chi connectivity index (χ1v) is 6.04. The van der Waals surface area contributed by atoms with E-state index in [1.165, 1.54) is 39.0 Å². The summed E-state index contributed by atoms with van der Waals surface area (Å²) in [5.41, 5.74) is 0. The van der Waals surface area contributed by atoms with Crippen LogP contribution in [0.5, 0.6) is 0 Å². The van der Waals surface area contributed by atoms with Gasteiger partial charge in [-0.3, -0.25) is 14.9 Å². The summed E-state index contributed by atoms with van der Waals surface area (Å²) in [6.07, 6.45) is 6.30. The molecule has 1 aliphatic rings. The molecule has 4 heteroatoms. The van der Waals surface area contributed by atoms with Gasteiger partial charge in [-0.2, -0.15) is 0 Å². The average Bonchev–Trinajstić information content (AvgIpc) is 2.25. The quantitative estimate of drug-likeness (QED) is 0.442. The van der Waals surface area contributed by atoms with Gasteiger partial charge in [0.05, 0.1) is 0 Å². The van der Waals surface area contributed by atoms with Gasteiger partial charge in [0.1, 0.15) is 0 Å². The van der Waals surface area contributed by atoms with Crippen molar-refractivity contribution in [2.75, 3.05) is 0 Å². The number of rotatable bonds is 2. The minimum atomic E-state index is -0.633. The fourth-order valence-electron chi connectivity index (χ4n) is 1.47. The summed E-state index contributed by atoms with van der Waals surface area (Å²) in [4.78, 5) is 21.4. The van der Waals surface area contributed by atoms with Gasteiger partial charge in [0.2, 0.25) is 5.78 Å². The van der Waals surface area contributed by atoms with Crippen molar-refractivity contribution in [3.05, 3.63) is 0 Å². The molecule has 0 unspecified atom stereocenters. The lowest BCUT2D eigenvalue weighted by Gasteiger charge is -2.17. The number of hydrogen-bond donors (Lipinski definition) is 1. The zero-order valence-electron chi connectivity index (χ0n) is 8.84. The summed E-state index contributed by atoms with van der Waals surface area (Å²) in [5, 5.41) is 5.67. The largest absolute Gasteiger partial charge is 0.298 e. The molecule has 15 heavy (non-hydrogen) atoms. The highest BCUT2D eigenvalue weighted by molar-refractivity contribution is 8.04. The molecule has 1 N–H and O–H groups in total. The third-order valence-electron chi connectivity index (χ3n) is 2.32. The second-order valence-electron chi connectivity index (χ2n) is 3.62. The molecule has 1 fully saturated rings. The van der Waals surface area contributed by atoms with Crippen molar-refractivity contribution in [2.45, 2.75) is 44.3 Å². The van der Waals surface area contributed by atoms with Gasteiger partial charge in [-0.1, -0.05) is 31.0 Å². The summed E-state index contributed by atoms with van der Waals surface area (Å²) < 4.78 is 0. The van der Waals surface area contributed by atoms with Gasteiger partial charge in [-0.05, 0) is 18.1 Å². The maximum Gasteiger partial charge on any atom is 0.298 e. The van der Waals surface area contributed by atoms with Crippen LogP contribution < -0.4 is 5.32 Å². The molecule has 0 radical (unpaired) electrons. The number of carbonyl (C=O) groups excluding carboxylic acids is 2. The van der Waals surface area contributed by atoms with E-state index in [0.717, 1.165) is 0 Å². The van der Waals surface area contributed by atoms with Crippen LogP contribution in [0.2, 0.25) is 0 Å². The molecule has 82 valence electrons. The Hall–Kier alpha value is -0.950. The number of hydrogen-bond acceptors (Lipinski definition) is 3. The molecule has 1 saturated carbocycles. The van der Waals surface area contributed by atoms with Crippen LogP contribution in [0.25, 0.3) is 0 Å². The Labute approximate surface area is 94.4 Å². The highest BCUT2D eigenvalue weighted by Crippen LogP contribution is 2.27. The fourth-order valence-corrected chi connectivity index (χ4v) is 2.31. The Morgan fingerprint density at radius 3 is 2.53 bits per heavy atom. The second-order valence-corrected chi connectivity index (χ2v) is 4.72. The predicted octanol–water partition coefficient (Wildman–Crippen LogP) is 1.68. The van der Waals surface area contributed by atoms with Crippen molar-refractivity contribution in [3.63, 3.8) is 0 Å². The lowest BCUT2D eigenvalue weighted by Crippen LogP contribution is -2.24. The number of amides is 1. The van der Waals surface area contributed by atoms with Gasteiger partial charge in [-0.15, -0.1) is 0 Å². The highest BCUT2D eigenvalue weighted by atomic mass is 32.2. The Balaban J connectivity index is 2.21. The minimum absolute atomic E-state index is 0.507. The topological polar surface area (TPSA) is 46.2 Å². The van der Waals surface area contributed by atoms with E-state index in [4.69, 9.17) is 0 Å². The first kappa shape index (κ1) is 12.1. The van der Waals surface area contributed by atoms with E-state index >= 15 is 0 Å². The molecule has 0 heterocycles.